The number of rotatable bonds is 0. The molecule has 0 atom stereocenters. The molecule has 0 unspecified atom stereocenters. The van der Waals surface area contributed by atoms with E-state index in [1.54, 1.807) is 6.92 Å². The molecule has 2 aromatic carbocycles. The molecule has 0 saturated heterocycles. The first-order valence-corrected chi connectivity index (χ1v) is 8.54. The fourth-order valence-electron chi connectivity index (χ4n) is 2.46. The normalized spacial score (nSPS) is 11.6. The van der Waals surface area contributed by atoms with Gasteiger partial charge in [0.05, 0.1) is 22.1 Å². The van der Waals surface area contributed by atoms with Crippen LogP contribution in [-0.2, 0) is 0 Å². The monoisotopic (exact) mass is 427 g/mol. The first-order valence-electron chi connectivity index (χ1n) is 8.54. The van der Waals surface area contributed by atoms with Gasteiger partial charge >= 0.3 is 0 Å². The van der Waals surface area contributed by atoms with Crippen LogP contribution in [0.4, 0.5) is 11.4 Å². The molecule has 4 radical (unpaired) electrons. The molecule has 2 rings (SSSR count). The fourth-order valence-corrected chi connectivity index (χ4v) is 2.46. The molecule has 0 aliphatic carbocycles. The summed E-state index contributed by atoms with van der Waals surface area (Å²) in [5.74, 6) is 0. The molecule has 0 amide bonds. The van der Waals surface area contributed by atoms with Crippen LogP contribution in [0.5, 0.6) is 0 Å². The van der Waals surface area contributed by atoms with Gasteiger partial charge in [0.2, 0.25) is 0 Å². The lowest BCUT2D eigenvalue weighted by Crippen LogP contribution is -2.55. The number of hydrogen-bond donors (Lipinski definition) is 11. The molecule has 13 nitrogen and oxygen atoms in total. The molecule has 0 aliphatic rings. The van der Waals surface area contributed by atoms with Crippen molar-refractivity contribution in [3.8, 4) is 0 Å². The van der Waals surface area contributed by atoms with Gasteiger partial charge in [-0.2, -0.15) is 0 Å². The first kappa shape index (κ1) is 25.6. The fraction of sp³-hybridized carbons (Fsp3) is 0.118. The summed E-state index contributed by atoms with van der Waals surface area (Å²) < 4.78 is 0. The Balaban J connectivity index is 0.000000323. The minimum absolute atomic E-state index is 0.0243. The summed E-state index contributed by atoms with van der Waals surface area (Å²) in [6, 6.07) is 0. The highest BCUT2D eigenvalue weighted by molar-refractivity contribution is 6.05. The molecule has 0 heterocycles. The number of anilines is 2. The zero-order valence-corrected chi connectivity index (χ0v) is 17.2. The summed E-state index contributed by atoms with van der Waals surface area (Å²) in [5, 5.41) is 64.2. The molecule has 0 fully saturated rings. The summed E-state index contributed by atoms with van der Waals surface area (Å²) in [6.45, 7) is 3.05. The van der Waals surface area contributed by atoms with Crippen molar-refractivity contribution in [3.63, 3.8) is 0 Å². The molecule has 158 valence electrons. The summed E-state index contributed by atoms with van der Waals surface area (Å²) in [6.07, 6.45) is 0. The van der Waals surface area contributed by atoms with Crippen LogP contribution in [0.1, 0.15) is 11.1 Å². The summed E-state index contributed by atoms with van der Waals surface area (Å²) in [4.78, 5) is 6.71. The molecular weight excluding hydrogens is 408 g/mol. The van der Waals surface area contributed by atoms with Gasteiger partial charge < -0.3 is 21.3 Å². The van der Waals surface area contributed by atoms with E-state index in [1.165, 1.54) is 6.92 Å². The molecule has 0 aliphatic heterocycles. The third-order valence-corrected chi connectivity index (χ3v) is 4.54. The molecule has 0 aromatic heterocycles. The van der Waals surface area contributed by atoms with Gasteiger partial charge in [0.25, 0.3) is 16.0 Å². The highest BCUT2D eigenvalue weighted by atomic mass is 14.7. The molecule has 2 aromatic rings. The van der Waals surface area contributed by atoms with E-state index in [0.29, 0.717) is 5.56 Å². The highest BCUT2D eigenvalue weighted by Crippen LogP contribution is 1.91. The van der Waals surface area contributed by atoms with E-state index in [4.69, 9.17) is 76.1 Å². The molecule has 13 N–H and O–H groups in total. The predicted octanol–water partition coefficient (Wildman–Crippen LogP) is -5.81. The van der Waals surface area contributed by atoms with Crippen molar-refractivity contribution >= 4 is 27.3 Å². The first-order chi connectivity index (χ1) is 14.7. The van der Waals surface area contributed by atoms with E-state index >= 15 is 0 Å². The van der Waals surface area contributed by atoms with Crippen LogP contribution in [0, 0.1) is 62.5 Å². The van der Waals surface area contributed by atoms with Crippen molar-refractivity contribution in [1.29, 1.82) is 48.7 Å². The van der Waals surface area contributed by atoms with Crippen molar-refractivity contribution in [1.82, 2.24) is 0 Å². The lowest BCUT2D eigenvalue weighted by Gasteiger charge is -1.97. The van der Waals surface area contributed by atoms with E-state index in [9.17, 15) is 0 Å². The minimum Gasteiger partial charge on any atom is -0.397 e. The summed E-state index contributed by atoms with van der Waals surface area (Å²) >= 11 is 0. The van der Waals surface area contributed by atoms with E-state index in [0.717, 1.165) is 0 Å². The second-order valence-electron chi connectivity index (χ2n) is 6.41. The SMILES string of the molecule is [B]N=c1c(C)c(N)c(=N)c(=N)c(=N)c(=N)c1=N.[B]N=c1c(C)c(N)c(=N)c(=N)c(=N)c1=N. The van der Waals surface area contributed by atoms with Crippen LogP contribution in [0.2, 0.25) is 0 Å². The van der Waals surface area contributed by atoms with Crippen molar-refractivity contribution < 1.29 is 0 Å². The number of hydrogen-bond acceptors (Lipinski definition) is 13. The van der Waals surface area contributed by atoms with Crippen molar-refractivity contribution in [2.24, 2.45) is 9.81 Å². The van der Waals surface area contributed by atoms with Gasteiger partial charge in [0, 0.05) is 11.1 Å². The molecule has 0 bridgehead atoms. The van der Waals surface area contributed by atoms with Gasteiger partial charge in [-0.1, -0.05) is 0 Å². The van der Waals surface area contributed by atoms with Gasteiger partial charge in [0.1, 0.15) is 48.2 Å². The summed E-state index contributed by atoms with van der Waals surface area (Å²) in [7, 11) is 10.2. The largest absolute Gasteiger partial charge is 0.397 e. The average Bonchev–Trinajstić information content (AvgIpc) is 2.83. The van der Waals surface area contributed by atoms with E-state index < -0.39 is 26.8 Å². The van der Waals surface area contributed by atoms with Crippen LogP contribution in [0.25, 0.3) is 0 Å². The van der Waals surface area contributed by atoms with Crippen LogP contribution in [0.15, 0.2) is 9.81 Å². The third-order valence-electron chi connectivity index (χ3n) is 4.54. The second-order valence-corrected chi connectivity index (χ2v) is 6.41. The van der Waals surface area contributed by atoms with Crippen LogP contribution >= 0.6 is 0 Å². The number of nitrogens with two attached hydrogens (primary N) is 2. The Kier molecular flexibility index (Phi) is 7.68. The number of nitrogen functional groups attached to an aromatic ring is 2. The van der Waals surface area contributed by atoms with E-state index in [-0.39, 0.29) is 49.1 Å². The van der Waals surface area contributed by atoms with Gasteiger partial charge in [-0.15, -0.1) is 0 Å². The van der Waals surface area contributed by atoms with Gasteiger partial charge in [-0.3, -0.25) is 48.7 Å². The number of nitrogens with zero attached hydrogens (tertiary/aromatic N) is 2. The Labute approximate surface area is 181 Å². The maximum atomic E-state index is 7.66. The molecule has 0 saturated carbocycles. The van der Waals surface area contributed by atoms with Gasteiger partial charge in [-0.25, -0.2) is 0 Å². The Morgan fingerprint density at radius 2 is 0.688 bits per heavy atom. The number of nitrogens with one attached hydrogen (secondary N) is 9. The van der Waals surface area contributed by atoms with Crippen molar-refractivity contribution in [2.75, 3.05) is 11.5 Å². The van der Waals surface area contributed by atoms with Crippen LogP contribution in [0.3, 0.4) is 0 Å². The van der Waals surface area contributed by atoms with E-state index in [1.807, 2.05) is 0 Å². The Hall–Kier alpha value is -4.42. The standard InChI is InChI=1S/C9H10BN7.C8H9BN6/c1-2-3(11)4(12)5(13)6(14)7(15)8(16)9(2)17-10;1-2-3(10)4(11)5(12)6(13)7(14)8(2)15-9/h12-16H,11H2,1H3;11-14H,10H2,1H3. The lowest BCUT2D eigenvalue weighted by atomic mass is 10.1. The quantitative estimate of drug-likeness (QED) is 0.183. The van der Waals surface area contributed by atoms with Gasteiger partial charge in [-0.05, 0) is 13.8 Å². The minimum atomic E-state index is -0.545. The van der Waals surface area contributed by atoms with Crippen molar-refractivity contribution in [2.45, 2.75) is 13.8 Å². The average molecular weight is 427 g/mol. The predicted molar refractivity (Wildman–Crippen MR) is 111 cm³/mol. The van der Waals surface area contributed by atoms with E-state index in [2.05, 4.69) is 9.81 Å². The Bertz CT molecular complexity index is 1760. The molecule has 32 heavy (non-hydrogen) atoms. The topological polar surface area (TPSA) is 291 Å². The molecular formula is C17H19B2N13. The van der Waals surface area contributed by atoms with Gasteiger partial charge in [0.15, 0.2) is 0 Å². The zero-order valence-electron chi connectivity index (χ0n) is 17.2. The summed E-state index contributed by atoms with van der Waals surface area (Å²) in [5.41, 5.74) is 11.8. The maximum Gasteiger partial charge on any atom is 0.260 e. The third kappa shape index (κ3) is 4.35. The van der Waals surface area contributed by atoms with Crippen molar-refractivity contribution in [3.05, 3.63) is 70.1 Å². The smallest absolute Gasteiger partial charge is 0.260 e. The van der Waals surface area contributed by atoms with Crippen LogP contribution < -0.4 is 70.4 Å². The molecule has 0 spiro atoms. The molecule has 15 heteroatoms. The maximum absolute atomic E-state index is 7.66. The zero-order chi connectivity index (χ0) is 25.1. The second kappa shape index (κ2) is 9.59. The lowest BCUT2D eigenvalue weighted by molar-refractivity contribution is 0.974. The Morgan fingerprint density at radius 3 is 0.938 bits per heavy atom. The van der Waals surface area contributed by atoms with Crippen LogP contribution in [-0.4, -0.2) is 16.0 Å². The highest BCUT2D eigenvalue weighted by Gasteiger charge is 2.03. The Morgan fingerprint density at radius 1 is 0.469 bits per heavy atom.